The second kappa shape index (κ2) is 17.9. The molecule has 2 aromatic carbocycles. The number of piperidine rings is 4. The molecule has 57 heavy (non-hydrogen) atoms. The Balaban J connectivity index is 0.751. The third-order valence-corrected chi connectivity index (χ3v) is 13.0. The molecule has 5 fully saturated rings. The fourth-order valence-corrected chi connectivity index (χ4v) is 9.69. The van der Waals surface area contributed by atoms with Crippen LogP contribution < -0.4 is 20.9 Å². The first-order chi connectivity index (χ1) is 27.8. The molecule has 1 unspecified atom stereocenters. The molecule has 4 aliphatic heterocycles. The van der Waals surface area contributed by atoms with E-state index >= 15 is 4.39 Å². The van der Waals surface area contributed by atoms with E-state index in [1.54, 1.807) is 0 Å². The summed E-state index contributed by atoms with van der Waals surface area (Å²) in [5.74, 6) is 0.180. The van der Waals surface area contributed by atoms with Gasteiger partial charge in [-0.05, 0) is 132 Å². The van der Waals surface area contributed by atoms with Gasteiger partial charge in [0.15, 0.2) is 5.82 Å². The SMILES string of the molecule is O=C1CCC(Nc2ccc(C3CCN(CC4CCC(C(=O)N5CCC(Nc6ncc(F)c(-c7cccc(N8CCCCC8)c7)n6)CC5)CC4)CC3)c(F)c2)C(=O)N1. The Morgan fingerprint density at radius 3 is 2.32 bits per heavy atom. The lowest BCUT2D eigenvalue weighted by Crippen LogP contribution is -2.47. The van der Waals surface area contributed by atoms with E-state index < -0.39 is 11.9 Å². The van der Waals surface area contributed by atoms with Crippen LogP contribution in [0.2, 0.25) is 0 Å². The molecule has 8 rings (SSSR count). The van der Waals surface area contributed by atoms with Crippen LogP contribution in [0.3, 0.4) is 0 Å². The van der Waals surface area contributed by atoms with Gasteiger partial charge in [-0.15, -0.1) is 0 Å². The van der Waals surface area contributed by atoms with Crippen molar-refractivity contribution in [3.63, 3.8) is 0 Å². The number of amides is 3. The predicted octanol–water partition coefficient (Wildman–Crippen LogP) is 6.72. The third kappa shape index (κ3) is 9.56. The first kappa shape index (κ1) is 39.2. The van der Waals surface area contributed by atoms with Crippen molar-refractivity contribution in [3.8, 4) is 11.3 Å². The zero-order valence-corrected chi connectivity index (χ0v) is 32.9. The number of anilines is 3. The Labute approximate surface area is 334 Å². The number of hydrogen-bond acceptors (Lipinski definition) is 9. The average Bonchev–Trinajstić information content (AvgIpc) is 3.24. The standard InChI is InChI=1S/C44H56F2N8O3/c45-37-26-34(48-39-13-14-40(55)50-42(39)56)11-12-36(37)30-15-21-52(22-16-30)28-29-7-9-31(10-8-29)43(57)54-23-17-33(18-24-54)49-44-47-27-38(46)41(51-44)32-5-4-6-35(25-32)53-19-2-1-3-20-53/h4-6,11-12,25-27,29-31,33,39,48H,1-3,7-10,13-24,28H2,(H,47,49,51)(H,50,55,56). The second-order valence-electron chi connectivity index (χ2n) is 16.9. The Hall–Kier alpha value is -4.65. The van der Waals surface area contributed by atoms with Crippen LogP contribution in [0.25, 0.3) is 11.3 Å². The molecule has 0 radical (unpaired) electrons. The van der Waals surface area contributed by atoms with Crippen LogP contribution in [0.5, 0.6) is 0 Å². The van der Waals surface area contributed by atoms with Gasteiger partial charge in [0.05, 0.1) is 6.20 Å². The molecule has 5 aliphatic rings. The van der Waals surface area contributed by atoms with Crippen molar-refractivity contribution in [1.29, 1.82) is 0 Å². The maximum atomic E-state index is 15.2. The smallest absolute Gasteiger partial charge is 0.249 e. The van der Waals surface area contributed by atoms with E-state index in [4.69, 9.17) is 0 Å². The van der Waals surface area contributed by atoms with Gasteiger partial charge in [0.2, 0.25) is 23.7 Å². The largest absolute Gasteiger partial charge is 0.374 e. The number of hydrogen-bond donors (Lipinski definition) is 3. The van der Waals surface area contributed by atoms with Crippen LogP contribution in [0.1, 0.15) is 95.0 Å². The number of likely N-dealkylation sites (tertiary alicyclic amines) is 2. The van der Waals surface area contributed by atoms with Crippen molar-refractivity contribution in [2.24, 2.45) is 11.8 Å². The van der Waals surface area contributed by atoms with Crippen LogP contribution in [-0.4, -0.2) is 95.4 Å². The minimum atomic E-state index is -0.538. The fourth-order valence-electron chi connectivity index (χ4n) is 9.69. The summed E-state index contributed by atoms with van der Waals surface area (Å²) < 4.78 is 30.2. The topological polar surface area (TPSA) is 123 Å². The zero-order valence-electron chi connectivity index (χ0n) is 32.9. The minimum absolute atomic E-state index is 0.0793. The van der Waals surface area contributed by atoms with Gasteiger partial charge >= 0.3 is 0 Å². The summed E-state index contributed by atoms with van der Waals surface area (Å²) in [6.45, 7) is 6.31. The Bertz CT molecular complexity index is 1900. The molecule has 13 heteroatoms. The highest BCUT2D eigenvalue weighted by Crippen LogP contribution is 2.35. The number of aromatic nitrogens is 2. The quantitative estimate of drug-likeness (QED) is 0.193. The molecule has 0 bridgehead atoms. The van der Waals surface area contributed by atoms with E-state index in [0.717, 1.165) is 101 Å². The van der Waals surface area contributed by atoms with Crippen molar-refractivity contribution < 1.29 is 23.2 Å². The lowest BCUT2D eigenvalue weighted by Gasteiger charge is -2.38. The minimum Gasteiger partial charge on any atom is -0.374 e. The van der Waals surface area contributed by atoms with E-state index in [9.17, 15) is 18.8 Å². The van der Waals surface area contributed by atoms with Gasteiger partial charge in [-0.25, -0.2) is 18.7 Å². The van der Waals surface area contributed by atoms with Crippen LogP contribution in [0.15, 0.2) is 48.7 Å². The van der Waals surface area contributed by atoms with Gasteiger partial charge in [0.1, 0.15) is 17.6 Å². The van der Waals surface area contributed by atoms with Gasteiger partial charge < -0.3 is 25.3 Å². The molecule has 0 spiro atoms. The summed E-state index contributed by atoms with van der Waals surface area (Å²) in [4.78, 5) is 52.9. The lowest BCUT2D eigenvalue weighted by molar-refractivity contribution is -0.138. The average molecular weight is 783 g/mol. The molecular weight excluding hydrogens is 727 g/mol. The molecule has 304 valence electrons. The van der Waals surface area contributed by atoms with Crippen LogP contribution in [0, 0.1) is 23.5 Å². The highest BCUT2D eigenvalue weighted by Gasteiger charge is 2.33. The number of carbonyl (C=O) groups is 3. The van der Waals surface area contributed by atoms with E-state index in [0.29, 0.717) is 42.8 Å². The first-order valence-electron chi connectivity index (χ1n) is 21.3. The molecular formula is C44H56F2N8O3. The number of rotatable bonds is 10. The van der Waals surface area contributed by atoms with E-state index in [-0.39, 0.29) is 47.8 Å². The van der Waals surface area contributed by atoms with Crippen molar-refractivity contribution in [3.05, 3.63) is 65.9 Å². The predicted molar refractivity (Wildman–Crippen MR) is 217 cm³/mol. The monoisotopic (exact) mass is 782 g/mol. The van der Waals surface area contributed by atoms with Crippen LogP contribution >= 0.6 is 0 Å². The summed E-state index contributed by atoms with van der Waals surface area (Å²) >= 11 is 0. The van der Waals surface area contributed by atoms with Crippen molar-refractivity contribution in [2.45, 2.75) is 101 Å². The molecule has 3 amide bonds. The first-order valence-corrected chi connectivity index (χ1v) is 21.3. The zero-order chi connectivity index (χ0) is 39.3. The highest BCUT2D eigenvalue weighted by atomic mass is 19.1. The fraction of sp³-hybridized carbons (Fsp3) is 0.568. The van der Waals surface area contributed by atoms with Crippen LogP contribution in [0.4, 0.5) is 26.1 Å². The Kier molecular flexibility index (Phi) is 12.3. The van der Waals surface area contributed by atoms with E-state index in [2.05, 4.69) is 41.8 Å². The maximum Gasteiger partial charge on any atom is 0.249 e. The summed E-state index contributed by atoms with van der Waals surface area (Å²) in [5, 5.41) is 8.84. The van der Waals surface area contributed by atoms with Crippen LogP contribution in [-0.2, 0) is 14.4 Å². The maximum absolute atomic E-state index is 15.2. The number of nitrogens with one attached hydrogen (secondary N) is 3. The summed E-state index contributed by atoms with van der Waals surface area (Å²) in [7, 11) is 0. The third-order valence-electron chi connectivity index (χ3n) is 13.0. The van der Waals surface area contributed by atoms with Crippen molar-refractivity contribution >= 4 is 35.0 Å². The Morgan fingerprint density at radius 1 is 0.807 bits per heavy atom. The highest BCUT2D eigenvalue weighted by molar-refractivity contribution is 6.01. The van der Waals surface area contributed by atoms with Gasteiger partial charge in [-0.3, -0.25) is 19.7 Å². The number of nitrogens with zero attached hydrogens (tertiary/aromatic N) is 5. The summed E-state index contributed by atoms with van der Waals surface area (Å²) in [6.07, 6.45) is 12.9. The number of benzene rings is 2. The molecule has 1 atom stereocenters. The van der Waals surface area contributed by atoms with Gasteiger partial charge in [0.25, 0.3) is 0 Å². The van der Waals surface area contributed by atoms with Gasteiger partial charge in [0, 0.05) is 68.0 Å². The van der Waals surface area contributed by atoms with Gasteiger partial charge in [-0.2, -0.15) is 0 Å². The molecule has 5 heterocycles. The Morgan fingerprint density at radius 2 is 1.58 bits per heavy atom. The normalized spacial score (nSPS) is 24.3. The number of halogens is 2. The molecule has 11 nitrogen and oxygen atoms in total. The molecule has 1 saturated carbocycles. The summed E-state index contributed by atoms with van der Waals surface area (Å²) in [6, 6.07) is 12.7. The van der Waals surface area contributed by atoms with Gasteiger partial charge in [-0.1, -0.05) is 18.2 Å². The molecule has 4 saturated heterocycles. The van der Waals surface area contributed by atoms with E-state index in [1.165, 1.54) is 31.5 Å². The summed E-state index contributed by atoms with van der Waals surface area (Å²) in [5.41, 5.74) is 3.43. The lowest BCUT2D eigenvalue weighted by atomic mass is 9.80. The van der Waals surface area contributed by atoms with E-state index in [1.807, 2.05) is 35.2 Å². The molecule has 1 aromatic heterocycles. The van der Waals surface area contributed by atoms with Crippen molar-refractivity contribution in [2.75, 3.05) is 61.3 Å². The second-order valence-corrected chi connectivity index (χ2v) is 16.9. The molecule has 3 N–H and O–H groups in total. The number of imide groups is 1. The molecule has 3 aromatic rings. The number of carbonyl (C=O) groups excluding carboxylic acids is 3. The van der Waals surface area contributed by atoms with Crippen molar-refractivity contribution in [1.82, 2.24) is 25.1 Å². The molecule has 1 aliphatic carbocycles.